The zero-order valence-electron chi connectivity index (χ0n) is 18.4. The van der Waals surface area contributed by atoms with Gasteiger partial charge < -0.3 is 0 Å². The average molecular weight is 485 g/mol. The van der Waals surface area contributed by atoms with Crippen LogP contribution in [0.1, 0.15) is 52.7 Å². The highest BCUT2D eigenvalue weighted by Gasteiger charge is 2.42. The summed E-state index contributed by atoms with van der Waals surface area (Å²) < 4.78 is 28.5. The summed E-state index contributed by atoms with van der Waals surface area (Å²) in [6.45, 7) is 7.75. The lowest BCUT2D eigenvalue weighted by molar-refractivity contribution is 0.0925. The van der Waals surface area contributed by atoms with Crippen LogP contribution >= 0.6 is 11.6 Å². The molecule has 4 rings (SSSR count). The van der Waals surface area contributed by atoms with Crippen LogP contribution in [0.5, 0.6) is 0 Å². The molecule has 8 nitrogen and oxygen atoms in total. The molecule has 0 atom stereocenters. The summed E-state index contributed by atoms with van der Waals surface area (Å²) in [5.74, 6) is -1.41. The number of benzene rings is 2. The predicted octanol–water partition coefficient (Wildman–Crippen LogP) is 4.34. The van der Waals surface area contributed by atoms with Gasteiger partial charge in [-0.25, -0.2) is 18.3 Å². The summed E-state index contributed by atoms with van der Waals surface area (Å²) in [7, 11) is -4.04. The first-order valence-corrected chi connectivity index (χ1v) is 11.9. The van der Waals surface area contributed by atoms with Gasteiger partial charge in [-0.15, -0.1) is 0 Å². The van der Waals surface area contributed by atoms with Gasteiger partial charge in [0.1, 0.15) is 0 Å². The number of anilines is 2. The molecule has 2 heterocycles. The maximum absolute atomic E-state index is 13.2. The maximum atomic E-state index is 13.2. The summed E-state index contributed by atoms with van der Waals surface area (Å²) >= 11 is 6.22. The number of amides is 2. The lowest BCUT2D eigenvalue weighted by Crippen LogP contribution is -2.30. The van der Waals surface area contributed by atoms with E-state index in [0.29, 0.717) is 5.69 Å². The van der Waals surface area contributed by atoms with E-state index < -0.39 is 21.8 Å². The minimum atomic E-state index is -4.04. The fourth-order valence-electron chi connectivity index (χ4n) is 3.51. The second-order valence-electron chi connectivity index (χ2n) is 8.69. The number of aromatic nitrogens is 2. The molecular weight excluding hydrogens is 464 g/mol. The molecule has 0 radical (unpaired) electrons. The maximum Gasteiger partial charge on any atom is 0.269 e. The number of imide groups is 1. The number of hydrogen-bond acceptors (Lipinski definition) is 6. The van der Waals surface area contributed by atoms with Crippen LogP contribution in [0.3, 0.4) is 0 Å². The van der Waals surface area contributed by atoms with E-state index in [1.165, 1.54) is 36.7 Å². The van der Waals surface area contributed by atoms with Gasteiger partial charge in [-0.3, -0.25) is 19.3 Å². The van der Waals surface area contributed by atoms with Crippen molar-refractivity contribution in [2.75, 3.05) is 9.62 Å². The number of carbonyl (C=O) groups is 2. The van der Waals surface area contributed by atoms with E-state index >= 15 is 0 Å². The molecule has 2 aromatic carbocycles. The molecule has 0 aliphatic carbocycles. The van der Waals surface area contributed by atoms with Crippen LogP contribution in [-0.2, 0) is 15.4 Å². The van der Waals surface area contributed by atoms with Crippen molar-refractivity contribution in [2.24, 2.45) is 0 Å². The standard InChI is InChI=1S/C23H21ClN4O4S/c1-13-11-25-12-18(26-13)28-21(29)19-16(24)9-10-17(20(19)22(28)30)27-33(31,32)15-7-5-14(6-8-15)23(2,3)4/h5-12,27H,1-4H3. The SMILES string of the molecule is Cc1cncc(N2C(=O)c3c(Cl)ccc(NS(=O)(=O)c4ccc(C(C)(C)C)cc4)c3C2=O)n1. The number of rotatable bonds is 4. The second-order valence-corrected chi connectivity index (χ2v) is 10.8. The third-order valence-corrected chi connectivity index (χ3v) is 6.93. The van der Waals surface area contributed by atoms with Crippen molar-refractivity contribution in [3.63, 3.8) is 0 Å². The Morgan fingerprint density at radius 3 is 2.18 bits per heavy atom. The summed E-state index contributed by atoms with van der Waals surface area (Å²) in [5, 5.41) is 0.0314. The van der Waals surface area contributed by atoms with Crippen molar-refractivity contribution in [2.45, 2.75) is 38.0 Å². The highest BCUT2D eigenvalue weighted by atomic mass is 35.5. The Bertz CT molecular complexity index is 1400. The van der Waals surface area contributed by atoms with Gasteiger partial charge in [0.05, 0.1) is 38.6 Å². The van der Waals surface area contributed by atoms with Crippen LogP contribution in [0.4, 0.5) is 11.5 Å². The van der Waals surface area contributed by atoms with E-state index in [1.54, 1.807) is 19.1 Å². The van der Waals surface area contributed by atoms with E-state index in [2.05, 4.69) is 14.7 Å². The van der Waals surface area contributed by atoms with Crippen molar-refractivity contribution >= 4 is 44.9 Å². The van der Waals surface area contributed by atoms with Crippen LogP contribution in [0, 0.1) is 6.92 Å². The highest BCUT2D eigenvalue weighted by Crippen LogP contribution is 2.37. The number of nitrogens with zero attached hydrogens (tertiary/aromatic N) is 3. The molecule has 0 saturated heterocycles. The fraction of sp³-hybridized carbons (Fsp3) is 0.217. The van der Waals surface area contributed by atoms with Crippen LogP contribution in [0.15, 0.2) is 53.7 Å². The molecule has 170 valence electrons. The van der Waals surface area contributed by atoms with Crippen LogP contribution < -0.4 is 9.62 Å². The van der Waals surface area contributed by atoms with Crippen molar-refractivity contribution < 1.29 is 18.0 Å². The smallest absolute Gasteiger partial charge is 0.269 e. The lowest BCUT2D eigenvalue weighted by atomic mass is 9.87. The zero-order chi connectivity index (χ0) is 24.1. The van der Waals surface area contributed by atoms with Gasteiger partial charge in [0, 0.05) is 6.20 Å². The molecule has 1 aliphatic heterocycles. The first-order valence-electron chi connectivity index (χ1n) is 10.0. The van der Waals surface area contributed by atoms with Gasteiger partial charge in [0.15, 0.2) is 5.82 Å². The van der Waals surface area contributed by atoms with Crippen LogP contribution in [0.2, 0.25) is 5.02 Å². The van der Waals surface area contributed by atoms with E-state index in [1.807, 2.05) is 20.8 Å². The number of nitrogens with one attached hydrogen (secondary N) is 1. The van der Waals surface area contributed by atoms with Gasteiger partial charge in [0.25, 0.3) is 21.8 Å². The molecule has 1 aliphatic rings. The van der Waals surface area contributed by atoms with E-state index in [-0.39, 0.29) is 38.0 Å². The Labute approximate surface area is 196 Å². The van der Waals surface area contributed by atoms with Gasteiger partial charge >= 0.3 is 0 Å². The molecule has 0 saturated carbocycles. The predicted molar refractivity (Wildman–Crippen MR) is 125 cm³/mol. The normalized spacial score (nSPS) is 13.9. The lowest BCUT2D eigenvalue weighted by Gasteiger charge is -2.19. The molecule has 2 amide bonds. The van der Waals surface area contributed by atoms with E-state index in [0.717, 1.165) is 10.5 Å². The Morgan fingerprint density at radius 1 is 0.939 bits per heavy atom. The minimum Gasteiger partial charge on any atom is -0.279 e. The highest BCUT2D eigenvalue weighted by molar-refractivity contribution is 7.92. The zero-order valence-corrected chi connectivity index (χ0v) is 20.0. The Balaban J connectivity index is 1.74. The number of carbonyl (C=O) groups excluding carboxylic acids is 2. The fourth-order valence-corrected chi connectivity index (χ4v) is 4.82. The van der Waals surface area contributed by atoms with Gasteiger partial charge in [0.2, 0.25) is 0 Å². The largest absolute Gasteiger partial charge is 0.279 e. The first kappa shape index (κ1) is 22.9. The molecule has 0 unspecified atom stereocenters. The average Bonchev–Trinajstić information content (AvgIpc) is 3.01. The summed E-state index contributed by atoms with van der Waals surface area (Å²) in [6, 6.07) is 9.22. The molecule has 1 aromatic heterocycles. The topological polar surface area (TPSA) is 109 Å². The Morgan fingerprint density at radius 2 is 1.58 bits per heavy atom. The second kappa shape index (κ2) is 7.93. The number of fused-ring (bicyclic) bond motifs is 1. The number of aryl methyl sites for hydroxylation is 1. The van der Waals surface area contributed by atoms with Gasteiger partial charge in [-0.2, -0.15) is 0 Å². The minimum absolute atomic E-state index is 0.0254. The van der Waals surface area contributed by atoms with Gasteiger partial charge in [-0.1, -0.05) is 44.5 Å². The number of halogens is 1. The van der Waals surface area contributed by atoms with Crippen LogP contribution in [-0.4, -0.2) is 30.2 Å². The number of hydrogen-bond donors (Lipinski definition) is 1. The molecule has 10 heteroatoms. The van der Waals surface area contributed by atoms with Crippen LogP contribution in [0.25, 0.3) is 0 Å². The third-order valence-electron chi connectivity index (χ3n) is 5.23. The van der Waals surface area contributed by atoms with Crippen molar-refractivity contribution in [1.29, 1.82) is 0 Å². The monoisotopic (exact) mass is 484 g/mol. The third kappa shape index (κ3) is 4.09. The van der Waals surface area contributed by atoms with Gasteiger partial charge in [-0.05, 0) is 42.2 Å². The van der Waals surface area contributed by atoms with E-state index in [9.17, 15) is 18.0 Å². The summed E-state index contributed by atoms with van der Waals surface area (Å²) in [6.07, 6.45) is 2.77. The van der Waals surface area contributed by atoms with Crippen molar-refractivity contribution in [3.05, 3.63) is 76.2 Å². The Hall–Kier alpha value is -3.30. The summed E-state index contributed by atoms with van der Waals surface area (Å²) in [5.41, 5.74) is 1.08. The van der Waals surface area contributed by atoms with E-state index in [4.69, 9.17) is 11.6 Å². The number of sulfonamides is 1. The first-order chi connectivity index (χ1) is 15.4. The molecule has 1 N–H and O–H groups in total. The Kier molecular flexibility index (Phi) is 5.50. The molecule has 0 bridgehead atoms. The van der Waals surface area contributed by atoms with Crippen molar-refractivity contribution in [3.8, 4) is 0 Å². The molecule has 3 aromatic rings. The molecular formula is C23H21ClN4O4S. The van der Waals surface area contributed by atoms with Crippen molar-refractivity contribution in [1.82, 2.24) is 9.97 Å². The quantitative estimate of drug-likeness (QED) is 0.552. The molecule has 33 heavy (non-hydrogen) atoms. The summed E-state index contributed by atoms with van der Waals surface area (Å²) in [4.78, 5) is 35.3. The molecule has 0 fully saturated rings. The molecule has 0 spiro atoms.